The predicted octanol–water partition coefficient (Wildman–Crippen LogP) is 3.56. The molecule has 1 rings (SSSR count). The SMILES string of the molecule is CCOC(=O)CCCCC(C(=O)OC(C)(C)C)C(=O)c1c(C)noc1C. The normalized spacial score (nSPS) is 12.5. The van der Waals surface area contributed by atoms with Gasteiger partial charge >= 0.3 is 11.9 Å². The molecule has 0 saturated carbocycles. The topological polar surface area (TPSA) is 95.7 Å². The zero-order chi connectivity index (χ0) is 19.9. The standard InChI is InChI=1S/C19H29NO6/c1-7-24-15(21)11-9-8-10-14(18(23)25-19(4,5)6)17(22)16-12(2)20-26-13(16)3/h14H,7-11H2,1-6H3. The van der Waals surface area contributed by atoms with Gasteiger partial charge in [-0.15, -0.1) is 0 Å². The molecule has 0 N–H and O–H groups in total. The van der Waals surface area contributed by atoms with E-state index in [2.05, 4.69) is 5.16 Å². The Hall–Kier alpha value is -2.18. The molecule has 1 aromatic rings. The van der Waals surface area contributed by atoms with Crippen molar-refractivity contribution in [2.75, 3.05) is 6.61 Å². The summed E-state index contributed by atoms with van der Waals surface area (Å²) < 4.78 is 15.3. The molecule has 1 unspecified atom stereocenters. The molecule has 146 valence electrons. The number of nitrogens with zero attached hydrogens (tertiary/aromatic N) is 1. The Kier molecular flexibility index (Phi) is 7.99. The van der Waals surface area contributed by atoms with Crippen LogP contribution in [0.3, 0.4) is 0 Å². The van der Waals surface area contributed by atoms with E-state index in [4.69, 9.17) is 14.0 Å². The minimum atomic E-state index is -0.951. The lowest BCUT2D eigenvalue weighted by Gasteiger charge is -2.23. The lowest BCUT2D eigenvalue weighted by Crippen LogP contribution is -2.33. The smallest absolute Gasteiger partial charge is 0.317 e. The van der Waals surface area contributed by atoms with Crippen molar-refractivity contribution < 1.29 is 28.4 Å². The van der Waals surface area contributed by atoms with Crippen molar-refractivity contribution in [2.45, 2.75) is 72.8 Å². The Morgan fingerprint density at radius 2 is 1.81 bits per heavy atom. The molecule has 0 saturated heterocycles. The van der Waals surface area contributed by atoms with Crippen LogP contribution in [0.5, 0.6) is 0 Å². The van der Waals surface area contributed by atoms with E-state index in [1.54, 1.807) is 41.5 Å². The third-order valence-electron chi connectivity index (χ3n) is 3.72. The maximum atomic E-state index is 12.9. The van der Waals surface area contributed by atoms with Gasteiger partial charge in [-0.2, -0.15) is 0 Å². The van der Waals surface area contributed by atoms with Gasteiger partial charge in [0.05, 0.1) is 17.9 Å². The molecule has 7 heteroatoms. The summed E-state index contributed by atoms with van der Waals surface area (Å²) in [5.41, 5.74) is 0.0815. The number of hydrogen-bond donors (Lipinski definition) is 0. The third kappa shape index (κ3) is 6.61. The van der Waals surface area contributed by atoms with Gasteiger partial charge in [-0.3, -0.25) is 14.4 Å². The first kappa shape index (κ1) is 21.9. The molecule has 0 aromatic carbocycles. The Bertz CT molecular complexity index is 621. The van der Waals surface area contributed by atoms with Gasteiger partial charge in [-0.1, -0.05) is 11.6 Å². The molecule has 0 aliphatic carbocycles. The molecule has 26 heavy (non-hydrogen) atoms. The minimum absolute atomic E-state index is 0.258. The quantitative estimate of drug-likeness (QED) is 0.285. The summed E-state index contributed by atoms with van der Waals surface area (Å²) in [7, 11) is 0. The molecule has 7 nitrogen and oxygen atoms in total. The maximum Gasteiger partial charge on any atom is 0.317 e. The number of aromatic nitrogens is 1. The highest BCUT2D eigenvalue weighted by atomic mass is 16.6. The fourth-order valence-corrected chi connectivity index (χ4v) is 2.59. The summed E-state index contributed by atoms with van der Waals surface area (Å²) >= 11 is 0. The predicted molar refractivity (Wildman–Crippen MR) is 94.7 cm³/mol. The summed E-state index contributed by atoms with van der Waals surface area (Å²) in [6, 6.07) is 0. The van der Waals surface area contributed by atoms with Crippen molar-refractivity contribution in [1.82, 2.24) is 5.16 Å². The number of hydrogen-bond acceptors (Lipinski definition) is 7. The fourth-order valence-electron chi connectivity index (χ4n) is 2.59. The number of carbonyl (C=O) groups is 3. The molecule has 0 aliphatic heterocycles. The second kappa shape index (κ2) is 9.50. The van der Waals surface area contributed by atoms with Crippen molar-refractivity contribution in [3.8, 4) is 0 Å². The largest absolute Gasteiger partial charge is 0.466 e. The Balaban J connectivity index is 2.84. The van der Waals surface area contributed by atoms with Crippen LogP contribution in [-0.4, -0.2) is 35.1 Å². The fraction of sp³-hybridized carbons (Fsp3) is 0.684. The molecule has 0 spiro atoms. The lowest BCUT2D eigenvalue weighted by atomic mass is 9.91. The van der Waals surface area contributed by atoms with Gasteiger partial charge in [0.2, 0.25) is 0 Å². The first-order valence-electron chi connectivity index (χ1n) is 8.92. The zero-order valence-electron chi connectivity index (χ0n) is 16.5. The molecule has 1 heterocycles. The van der Waals surface area contributed by atoms with Crippen LogP contribution in [0.4, 0.5) is 0 Å². The van der Waals surface area contributed by atoms with Gasteiger partial charge < -0.3 is 14.0 Å². The highest BCUT2D eigenvalue weighted by Gasteiger charge is 2.34. The highest BCUT2D eigenvalue weighted by molar-refractivity contribution is 6.09. The van der Waals surface area contributed by atoms with Crippen LogP contribution in [0.25, 0.3) is 0 Å². The van der Waals surface area contributed by atoms with Gasteiger partial charge in [0.15, 0.2) is 5.78 Å². The van der Waals surface area contributed by atoms with Crippen molar-refractivity contribution in [3.05, 3.63) is 17.0 Å². The second-order valence-corrected chi connectivity index (χ2v) is 7.20. The van der Waals surface area contributed by atoms with E-state index in [-0.39, 0.29) is 24.6 Å². The molecule has 0 amide bonds. The Morgan fingerprint density at radius 1 is 1.15 bits per heavy atom. The van der Waals surface area contributed by atoms with Crippen molar-refractivity contribution in [1.29, 1.82) is 0 Å². The first-order valence-corrected chi connectivity index (χ1v) is 8.92. The average molecular weight is 367 g/mol. The minimum Gasteiger partial charge on any atom is -0.466 e. The van der Waals surface area contributed by atoms with Crippen molar-refractivity contribution in [3.63, 3.8) is 0 Å². The molecule has 0 radical (unpaired) electrons. The van der Waals surface area contributed by atoms with Crippen LogP contribution in [0.1, 0.15) is 75.2 Å². The van der Waals surface area contributed by atoms with Gasteiger partial charge in [0.25, 0.3) is 0 Å². The Labute approximate surface area is 154 Å². The van der Waals surface area contributed by atoms with E-state index in [1.807, 2.05) is 0 Å². The molecule has 0 aliphatic rings. The van der Waals surface area contributed by atoms with E-state index < -0.39 is 17.5 Å². The molecular weight excluding hydrogens is 338 g/mol. The van der Waals surface area contributed by atoms with Crippen LogP contribution in [0.15, 0.2) is 4.52 Å². The summed E-state index contributed by atoms with van der Waals surface area (Å²) in [5.74, 6) is -1.77. The number of rotatable bonds is 9. The van der Waals surface area contributed by atoms with Crippen molar-refractivity contribution in [2.24, 2.45) is 5.92 Å². The number of ketones is 1. The Morgan fingerprint density at radius 3 is 2.31 bits per heavy atom. The number of Topliss-reactive ketones (excluding diaryl/α,β-unsaturated/α-hetero) is 1. The second-order valence-electron chi connectivity index (χ2n) is 7.20. The summed E-state index contributed by atoms with van der Waals surface area (Å²) in [4.78, 5) is 36.9. The van der Waals surface area contributed by atoms with Gasteiger partial charge in [-0.25, -0.2) is 0 Å². The van der Waals surface area contributed by atoms with Gasteiger partial charge in [-0.05, 0) is 54.4 Å². The van der Waals surface area contributed by atoms with Crippen LogP contribution in [-0.2, 0) is 19.1 Å². The van der Waals surface area contributed by atoms with E-state index in [0.717, 1.165) is 0 Å². The van der Waals surface area contributed by atoms with Gasteiger partial charge in [0.1, 0.15) is 17.3 Å². The summed E-state index contributed by atoms with van der Waals surface area (Å²) in [5, 5.41) is 3.78. The number of unbranched alkanes of at least 4 members (excludes halogenated alkanes) is 1. The number of aryl methyl sites for hydroxylation is 2. The van der Waals surface area contributed by atoms with E-state index >= 15 is 0 Å². The summed E-state index contributed by atoms with van der Waals surface area (Å²) in [6.07, 6.45) is 1.61. The maximum absolute atomic E-state index is 12.9. The monoisotopic (exact) mass is 367 g/mol. The lowest BCUT2D eigenvalue weighted by molar-refractivity contribution is -0.158. The molecule has 0 bridgehead atoms. The molecule has 1 atom stereocenters. The number of carbonyl (C=O) groups excluding carboxylic acids is 3. The number of ether oxygens (including phenoxy) is 2. The number of esters is 2. The van der Waals surface area contributed by atoms with Crippen LogP contribution < -0.4 is 0 Å². The van der Waals surface area contributed by atoms with Crippen molar-refractivity contribution >= 4 is 17.7 Å². The molecule has 1 aromatic heterocycles. The van der Waals surface area contributed by atoms with Crippen LogP contribution in [0.2, 0.25) is 0 Å². The van der Waals surface area contributed by atoms with Gasteiger partial charge in [0, 0.05) is 6.42 Å². The average Bonchev–Trinajstić information content (AvgIpc) is 2.84. The van der Waals surface area contributed by atoms with Crippen LogP contribution in [0, 0.1) is 19.8 Å². The van der Waals surface area contributed by atoms with Crippen LogP contribution >= 0.6 is 0 Å². The first-order chi connectivity index (χ1) is 12.1. The summed E-state index contributed by atoms with van der Waals surface area (Å²) in [6.45, 7) is 10.6. The van der Waals surface area contributed by atoms with E-state index in [1.165, 1.54) is 0 Å². The van der Waals surface area contributed by atoms with E-state index in [9.17, 15) is 14.4 Å². The highest BCUT2D eigenvalue weighted by Crippen LogP contribution is 2.24. The van der Waals surface area contributed by atoms with E-state index in [0.29, 0.717) is 36.5 Å². The molecular formula is C19H29NO6. The molecule has 0 fully saturated rings. The zero-order valence-corrected chi connectivity index (χ0v) is 16.5. The third-order valence-corrected chi connectivity index (χ3v) is 3.72.